The molecule has 9 aromatic carbocycles. The smallest absolute Gasteiger partial charge is 0.0727 e. The van der Waals surface area contributed by atoms with Crippen LogP contribution in [0.1, 0.15) is 25.0 Å². The average molecular weight is 785 g/mol. The van der Waals surface area contributed by atoms with Gasteiger partial charge in [0.1, 0.15) is 0 Å². The normalized spacial score (nSPS) is 13.0. The minimum absolute atomic E-state index is 0.0969. The van der Waals surface area contributed by atoms with Gasteiger partial charge < -0.3 is 9.47 Å². The SMILES string of the molecule is CC1(C)c2ccccc2-c2ccc(N(c3ccc(-c4ccccc4)cc3)c3ccc(-c4ccc5c(c4)c4sc6ccccc6c4n5-c4ccc5ccccc5c4)cc3)cc21. The molecule has 0 radical (unpaired) electrons. The molecule has 0 amide bonds. The predicted octanol–water partition coefficient (Wildman–Crippen LogP) is 16.3. The first-order chi connectivity index (χ1) is 29.5. The molecule has 2 nitrogen and oxygen atoms in total. The Kier molecular flexibility index (Phi) is 7.79. The zero-order valence-electron chi connectivity index (χ0n) is 33.4. The van der Waals surface area contributed by atoms with Gasteiger partial charge in [-0.15, -0.1) is 11.3 Å². The Morgan fingerprint density at radius 1 is 0.433 bits per heavy atom. The van der Waals surface area contributed by atoms with Gasteiger partial charge >= 0.3 is 0 Å². The van der Waals surface area contributed by atoms with E-state index in [2.05, 4.69) is 230 Å². The second kappa shape index (κ2) is 13.4. The fourth-order valence-corrected chi connectivity index (χ4v) is 11.0. The molecule has 60 heavy (non-hydrogen) atoms. The van der Waals surface area contributed by atoms with E-state index >= 15 is 0 Å². The van der Waals surface area contributed by atoms with Crippen LogP contribution >= 0.6 is 11.3 Å². The fourth-order valence-electron chi connectivity index (χ4n) is 9.75. The molecule has 0 fully saturated rings. The van der Waals surface area contributed by atoms with Crippen LogP contribution in [0.3, 0.4) is 0 Å². The Labute approximate surface area is 353 Å². The number of hydrogen-bond donors (Lipinski definition) is 0. The van der Waals surface area contributed by atoms with E-state index < -0.39 is 0 Å². The molecule has 0 saturated carbocycles. The number of thiophene rings is 1. The summed E-state index contributed by atoms with van der Waals surface area (Å²) in [5.41, 5.74) is 17.2. The van der Waals surface area contributed by atoms with Crippen LogP contribution in [0.15, 0.2) is 206 Å². The van der Waals surface area contributed by atoms with E-state index in [0.29, 0.717) is 0 Å². The van der Waals surface area contributed by atoms with Gasteiger partial charge in [-0.05, 0) is 122 Å². The van der Waals surface area contributed by atoms with Crippen molar-refractivity contribution in [1.82, 2.24) is 4.57 Å². The lowest BCUT2D eigenvalue weighted by Gasteiger charge is -2.28. The first-order valence-corrected chi connectivity index (χ1v) is 21.6. The van der Waals surface area contributed by atoms with Crippen LogP contribution in [-0.4, -0.2) is 4.57 Å². The van der Waals surface area contributed by atoms with Crippen LogP contribution in [0.5, 0.6) is 0 Å². The second-order valence-corrected chi connectivity index (χ2v) is 17.6. The molecule has 0 spiro atoms. The number of anilines is 3. The van der Waals surface area contributed by atoms with E-state index in [1.165, 1.54) is 92.2 Å². The number of benzene rings is 9. The van der Waals surface area contributed by atoms with Gasteiger partial charge in [0.25, 0.3) is 0 Å². The molecule has 0 atom stereocenters. The van der Waals surface area contributed by atoms with Crippen molar-refractivity contribution in [2.45, 2.75) is 19.3 Å². The van der Waals surface area contributed by atoms with Gasteiger partial charge in [-0.2, -0.15) is 0 Å². The molecule has 12 rings (SSSR count). The second-order valence-electron chi connectivity index (χ2n) is 16.6. The van der Waals surface area contributed by atoms with Crippen molar-refractivity contribution in [3.05, 3.63) is 217 Å². The number of fused-ring (bicyclic) bond motifs is 9. The third kappa shape index (κ3) is 5.40. The molecule has 0 aliphatic heterocycles. The van der Waals surface area contributed by atoms with Gasteiger partial charge in [0.05, 0.1) is 15.7 Å². The Balaban J connectivity index is 0.973. The van der Waals surface area contributed by atoms with E-state index in [4.69, 9.17) is 0 Å². The van der Waals surface area contributed by atoms with Crippen LogP contribution in [0, 0.1) is 0 Å². The molecule has 1 aliphatic rings. The van der Waals surface area contributed by atoms with Crippen molar-refractivity contribution in [3.8, 4) is 39.1 Å². The van der Waals surface area contributed by atoms with Crippen molar-refractivity contribution in [2.24, 2.45) is 0 Å². The average Bonchev–Trinajstić information content (AvgIpc) is 3.91. The summed E-state index contributed by atoms with van der Waals surface area (Å²) in [5.74, 6) is 0. The molecule has 284 valence electrons. The lowest BCUT2D eigenvalue weighted by atomic mass is 9.82. The Morgan fingerprint density at radius 2 is 1.05 bits per heavy atom. The third-order valence-electron chi connectivity index (χ3n) is 12.8. The molecule has 1 aliphatic carbocycles. The van der Waals surface area contributed by atoms with Gasteiger partial charge in [-0.1, -0.05) is 153 Å². The summed E-state index contributed by atoms with van der Waals surface area (Å²) in [6, 6.07) is 76.0. The van der Waals surface area contributed by atoms with Crippen molar-refractivity contribution < 1.29 is 0 Å². The predicted molar refractivity (Wildman–Crippen MR) is 257 cm³/mol. The molecule has 0 unspecified atom stereocenters. The maximum atomic E-state index is 2.47. The minimum Gasteiger partial charge on any atom is -0.310 e. The first kappa shape index (κ1) is 34.8. The molecule has 0 N–H and O–H groups in total. The van der Waals surface area contributed by atoms with E-state index in [0.717, 1.165) is 17.1 Å². The van der Waals surface area contributed by atoms with Gasteiger partial charge in [0.2, 0.25) is 0 Å². The molecular weight excluding hydrogens is 745 g/mol. The van der Waals surface area contributed by atoms with Crippen LogP contribution < -0.4 is 4.90 Å². The quantitative estimate of drug-likeness (QED) is 0.163. The number of aromatic nitrogens is 1. The Morgan fingerprint density at radius 3 is 1.85 bits per heavy atom. The molecule has 0 saturated heterocycles. The van der Waals surface area contributed by atoms with E-state index in [9.17, 15) is 0 Å². The van der Waals surface area contributed by atoms with E-state index in [-0.39, 0.29) is 5.41 Å². The van der Waals surface area contributed by atoms with E-state index in [1.54, 1.807) is 0 Å². The summed E-state index contributed by atoms with van der Waals surface area (Å²) >= 11 is 1.89. The maximum Gasteiger partial charge on any atom is 0.0727 e. The molecular formula is C57H40N2S. The highest BCUT2D eigenvalue weighted by Crippen LogP contribution is 2.51. The summed E-state index contributed by atoms with van der Waals surface area (Å²) in [5, 5.41) is 5.07. The van der Waals surface area contributed by atoms with Crippen molar-refractivity contribution in [3.63, 3.8) is 0 Å². The Bertz CT molecular complexity index is 3440. The largest absolute Gasteiger partial charge is 0.310 e. The van der Waals surface area contributed by atoms with Crippen molar-refractivity contribution >= 4 is 70.4 Å². The van der Waals surface area contributed by atoms with Crippen LogP contribution in [0.25, 0.3) is 81.0 Å². The van der Waals surface area contributed by atoms with E-state index in [1.807, 2.05) is 11.3 Å². The molecule has 2 aromatic heterocycles. The highest BCUT2D eigenvalue weighted by Gasteiger charge is 2.35. The third-order valence-corrected chi connectivity index (χ3v) is 14.0. The van der Waals surface area contributed by atoms with Crippen LogP contribution in [-0.2, 0) is 5.41 Å². The Hall–Kier alpha value is -7.20. The summed E-state index contributed by atoms with van der Waals surface area (Å²) in [4.78, 5) is 2.41. The lowest BCUT2D eigenvalue weighted by molar-refractivity contribution is 0.660. The minimum atomic E-state index is -0.0969. The highest BCUT2D eigenvalue weighted by molar-refractivity contribution is 7.26. The standard InChI is InChI=1S/C57H40N2S/c1-57(2)51-18-10-8-16-47(51)48-32-31-46(36-52(48)57)58(43-26-20-39(21-27-43)37-12-4-3-5-13-37)44-28-22-40(23-29-44)42-25-33-53-50(35-42)56-55(49-17-9-11-19-54(49)60-56)59(53)45-30-24-38-14-6-7-15-41(38)34-45/h3-36H,1-2H3. The van der Waals surface area contributed by atoms with Crippen molar-refractivity contribution in [2.75, 3.05) is 4.90 Å². The van der Waals surface area contributed by atoms with Crippen molar-refractivity contribution in [1.29, 1.82) is 0 Å². The van der Waals surface area contributed by atoms with Gasteiger partial charge in [-0.3, -0.25) is 0 Å². The van der Waals surface area contributed by atoms with Gasteiger partial charge in [0, 0.05) is 43.6 Å². The van der Waals surface area contributed by atoms with Crippen LogP contribution in [0.2, 0.25) is 0 Å². The first-order valence-electron chi connectivity index (χ1n) is 20.7. The number of rotatable bonds is 6. The zero-order valence-corrected chi connectivity index (χ0v) is 34.2. The van der Waals surface area contributed by atoms with Gasteiger partial charge in [0.15, 0.2) is 0 Å². The summed E-state index contributed by atoms with van der Waals surface area (Å²) in [6.07, 6.45) is 0. The number of hydrogen-bond acceptors (Lipinski definition) is 2. The number of nitrogens with zero attached hydrogens (tertiary/aromatic N) is 2. The van der Waals surface area contributed by atoms with Gasteiger partial charge in [-0.25, -0.2) is 0 Å². The highest BCUT2D eigenvalue weighted by atomic mass is 32.1. The molecule has 3 heteroatoms. The maximum absolute atomic E-state index is 2.47. The monoisotopic (exact) mass is 784 g/mol. The summed E-state index contributed by atoms with van der Waals surface area (Å²) in [7, 11) is 0. The molecule has 2 heterocycles. The topological polar surface area (TPSA) is 8.17 Å². The fraction of sp³-hybridized carbons (Fsp3) is 0.0526. The molecule has 0 bridgehead atoms. The zero-order chi connectivity index (χ0) is 40.0. The van der Waals surface area contributed by atoms with Crippen LogP contribution in [0.4, 0.5) is 17.1 Å². The molecule has 11 aromatic rings. The summed E-state index contributed by atoms with van der Waals surface area (Å²) in [6.45, 7) is 4.71. The lowest BCUT2D eigenvalue weighted by Crippen LogP contribution is -2.16. The summed E-state index contributed by atoms with van der Waals surface area (Å²) < 4.78 is 5.11.